The van der Waals surface area contributed by atoms with E-state index in [0.717, 1.165) is 23.6 Å². The second-order valence-electron chi connectivity index (χ2n) is 8.71. The molecule has 1 heterocycles. The zero-order chi connectivity index (χ0) is 18.8. The average Bonchev–Trinajstić information content (AvgIpc) is 2.81. The van der Waals surface area contributed by atoms with Gasteiger partial charge in [-0.15, -0.1) is 0 Å². The molecule has 0 atom stereocenters. The van der Waals surface area contributed by atoms with Crippen LogP contribution in [-0.4, -0.2) is 37.8 Å². The molecule has 7 heteroatoms. The lowest BCUT2D eigenvalue weighted by molar-refractivity contribution is -0.171. The topological polar surface area (TPSA) is 80.8 Å². The quantitative estimate of drug-likeness (QED) is 0.740. The van der Waals surface area contributed by atoms with E-state index < -0.39 is 15.9 Å². The molecule has 0 radical (unpaired) electrons. The first-order valence-corrected chi connectivity index (χ1v) is 11.2. The van der Waals surface area contributed by atoms with E-state index in [0.29, 0.717) is 17.8 Å². The van der Waals surface area contributed by atoms with E-state index in [1.54, 1.807) is 12.1 Å². The van der Waals surface area contributed by atoms with Gasteiger partial charge in [-0.25, -0.2) is 12.7 Å². The Labute approximate surface area is 158 Å². The third-order valence-corrected chi connectivity index (χ3v) is 8.75. The van der Waals surface area contributed by atoms with Crippen LogP contribution in [0.4, 0.5) is 0 Å². The summed E-state index contributed by atoms with van der Waals surface area (Å²) in [4.78, 5) is 25.3. The molecule has 4 fully saturated rings. The van der Waals surface area contributed by atoms with Gasteiger partial charge in [-0.1, -0.05) is 12.1 Å². The molecule has 0 saturated heterocycles. The van der Waals surface area contributed by atoms with Crippen molar-refractivity contribution in [1.29, 1.82) is 0 Å². The molecule has 4 aliphatic carbocycles. The molecule has 1 amide bonds. The monoisotopic (exact) mass is 389 g/mol. The summed E-state index contributed by atoms with van der Waals surface area (Å²) in [6.07, 6.45) is 6.45. The fourth-order valence-electron chi connectivity index (χ4n) is 6.19. The highest BCUT2D eigenvalue weighted by Gasteiger charge is 2.55. The molecule has 27 heavy (non-hydrogen) atoms. The molecule has 144 valence electrons. The normalized spacial score (nSPS) is 35.3. The van der Waals surface area contributed by atoms with Crippen molar-refractivity contribution in [3.63, 3.8) is 0 Å². The summed E-state index contributed by atoms with van der Waals surface area (Å²) in [6.45, 7) is -0.215. The van der Waals surface area contributed by atoms with Gasteiger partial charge in [-0.05, 0) is 68.4 Å². The first kappa shape index (κ1) is 17.2. The zero-order valence-corrected chi connectivity index (χ0v) is 15.9. The fourth-order valence-corrected chi connectivity index (χ4v) is 7.74. The maximum Gasteiger partial charge on any atom is 0.312 e. The van der Waals surface area contributed by atoms with Crippen molar-refractivity contribution < 1.29 is 22.7 Å². The molecule has 1 aromatic carbocycles. The molecular weight excluding hydrogens is 366 g/mol. The Morgan fingerprint density at radius 2 is 1.67 bits per heavy atom. The molecule has 0 N–H and O–H groups in total. The van der Waals surface area contributed by atoms with Crippen molar-refractivity contribution in [2.24, 2.45) is 23.2 Å². The smallest absolute Gasteiger partial charge is 0.312 e. The van der Waals surface area contributed by atoms with E-state index in [1.165, 1.54) is 31.4 Å². The van der Waals surface area contributed by atoms with Crippen LogP contribution in [0.5, 0.6) is 0 Å². The minimum atomic E-state index is -3.85. The summed E-state index contributed by atoms with van der Waals surface area (Å²) >= 11 is 0. The number of benzene rings is 1. The summed E-state index contributed by atoms with van der Waals surface area (Å²) in [7, 11) is -3.85. The highest BCUT2D eigenvalue weighted by Crippen LogP contribution is 2.60. The molecule has 6 nitrogen and oxygen atoms in total. The molecule has 1 aromatic rings. The third-order valence-electron chi connectivity index (χ3n) is 6.91. The second kappa shape index (κ2) is 5.80. The molecular formula is C20H23NO5S. The SMILES string of the molecule is O=C1c2ccccc2S(=O)(=O)N1CCOC(=O)C12CC3CC(CC(C3)C1)C2. The molecule has 1 aliphatic heterocycles. The largest absolute Gasteiger partial charge is 0.463 e. The fraction of sp³-hybridized carbons (Fsp3) is 0.600. The maximum atomic E-state index is 12.9. The van der Waals surface area contributed by atoms with Crippen LogP contribution in [0.25, 0.3) is 0 Å². The Balaban J connectivity index is 1.26. The predicted octanol–water partition coefficient (Wildman–Crippen LogP) is 2.59. The number of carbonyl (C=O) groups is 2. The highest BCUT2D eigenvalue weighted by atomic mass is 32.2. The summed E-state index contributed by atoms with van der Waals surface area (Å²) in [6, 6.07) is 6.18. The van der Waals surface area contributed by atoms with E-state index in [-0.39, 0.29) is 35.0 Å². The van der Waals surface area contributed by atoms with E-state index in [4.69, 9.17) is 4.74 Å². The standard InChI is InChI=1S/C20H23NO5S/c22-18-16-3-1-2-4-17(16)27(24,25)21(18)5-6-26-19(23)20-10-13-7-14(11-20)9-15(8-13)12-20/h1-4,13-15H,5-12H2. The van der Waals surface area contributed by atoms with Crippen molar-refractivity contribution in [2.75, 3.05) is 13.2 Å². The van der Waals surface area contributed by atoms with Gasteiger partial charge < -0.3 is 4.74 Å². The first-order valence-electron chi connectivity index (χ1n) is 9.72. The van der Waals surface area contributed by atoms with Gasteiger partial charge >= 0.3 is 5.97 Å². The molecule has 0 unspecified atom stereocenters. The lowest BCUT2D eigenvalue weighted by Gasteiger charge is -2.55. The molecule has 6 rings (SSSR count). The van der Waals surface area contributed by atoms with Crippen molar-refractivity contribution in [2.45, 2.75) is 43.4 Å². The van der Waals surface area contributed by atoms with Gasteiger partial charge in [0.05, 0.1) is 17.5 Å². The average molecular weight is 389 g/mol. The Morgan fingerprint density at radius 1 is 1.07 bits per heavy atom. The van der Waals surface area contributed by atoms with Gasteiger partial charge in [0.25, 0.3) is 15.9 Å². The summed E-state index contributed by atoms with van der Waals surface area (Å²) in [5.74, 6) is 1.18. The number of fused-ring (bicyclic) bond motifs is 1. The number of hydrogen-bond donors (Lipinski definition) is 0. The van der Waals surface area contributed by atoms with Crippen molar-refractivity contribution in [3.8, 4) is 0 Å². The van der Waals surface area contributed by atoms with Crippen molar-refractivity contribution >= 4 is 21.9 Å². The minimum Gasteiger partial charge on any atom is -0.463 e. The molecule has 5 aliphatic rings. The molecule has 0 aromatic heterocycles. The van der Waals surface area contributed by atoms with E-state index in [1.807, 2.05) is 0 Å². The molecule has 4 saturated carbocycles. The van der Waals surface area contributed by atoms with Crippen molar-refractivity contribution in [3.05, 3.63) is 29.8 Å². The van der Waals surface area contributed by atoms with Gasteiger partial charge in [0, 0.05) is 0 Å². The number of hydrogen-bond acceptors (Lipinski definition) is 5. The van der Waals surface area contributed by atoms with Crippen LogP contribution < -0.4 is 0 Å². The first-order chi connectivity index (χ1) is 12.9. The van der Waals surface area contributed by atoms with Crippen LogP contribution in [0.1, 0.15) is 48.9 Å². The number of rotatable bonds is 4. The number of esters is 1. The maximum absolute atomic E-state index is 12.9. The number of ether oxygens (including phenoxy) is 1. The molecule has 0 spiro atoms. The van der Waals surface area contributed by atoms with E-state index in [9.17, 15) is 18.0 Å². The summed E-state index contributed by atoms with van der Waals surface area (Å²) < 4.78 is 31.5. The highest BCUT2D eigenvalue weighted by molar-refractivity contribution is 7.90. The van der Waals surface area contributed by atoms with E-state index >= 15 is 0 Å². The number of amides is 1. The lowest BCUT2D eigenvalue weighted by atomic mass is 9.49. The van der Waals surface area contributed by atoms with Gasteiger partial charge in [0.1, 0.15) is 11.5 Å². The third kappa shape index (κ3) is 2.54. The summed E-state index contributed by atoms with van der Waals surface area (Å²) in [5.41, 5.74) is -0.184. The van der Waals surface area contributed by atoms with E-state index in [2.05, 4.69) is 0 Å². The van der Waals surface area contributed by atoms with Gasteiger partial charge in [0.15, 0.2) is 0 Å². The predicted molar refractivity (Wildman–Crippen MR) is 96.2 cm³/mol. The summed E-state index contributed by atoms with van der Waals surface area (Å²) in [5, 5.41) is 0. The van der Waals surface area contributed by atoms with Crippen LogP contribution >= 0.6 is 0 Å². The van der Waals surface area contributed by atoms with Crippen LogP contribution in [0.2, 0.25) is 0 Å². The van der Waals surface area contributed by atoms with Crippen LogP contribution in [0.15, 0.2) is 29.2 Å². The minimum absolute atomic E-state index is 0.0300. The number of nitrogens with zero attached hydrogens (tertiary/aromatic N) is 1. The van der Waals surface area contributed by atoms with Crippen molar-refractivity contribution in [1.82, 2.24) is 4.31 Å². The van der Waals surface area contributed by atoms with Gasteiger partial charge in [-0.3, -0.25) is 9.59 Å². The number of carbonyl (C=O) groups excluding carboxylic acids is 2. The molecule has 4 bridgehead atoms. The van der Waals surface area contributed by atoms with Gasteiger partial charge in [0.2, 0.25) is 0 Å². The van der Waals surface area contributed by atoms with Gasteiger partial charge in [-0.2, -0.15) is 0 Å². The zero-order valence-electron chi connectivity index (χ0n) is 15.1. The second-order valence-corrected chi connectivity index (χ2v) is 10.5. The number of sulfonamides is 1. The Kier molecular flexibility index (Phi) is 3.70. The Morgan fingerprint density at radius 3 is 2.26 bits per heavy atom. The van der Waals surface area contributed by atoms with Crippen LogP contribution in [0, 0.1) is 23.2 Å². The van der Waals surface area contributed by atoms with Crippen LogP contribution in [-0.2, 0) is 19.6 Å². The lowest BCUT2D eigenvalue weighted by Crippen LogP contribution is -2.50. The Bertz CT molecular complexity index is 887. The Hall–Kier alpha value is -1.89. The van der Waals surface area contributed by atoms with Crippen LogP contribution in [0.3, 0.4) is 0 Å².